The van der Waals surface area contributed by atoms with E-state index in [9.17, 15) is 9.59 Å². The Labute approximate surface area is 132 Å². The smallest absolute Gasteiger partial charge is 0.432 e. The minimum Gasteiger partial charge on any atom is -0.432 e. The van der Waals surface area contributed by atoms with Crippen LogP contribution in [0.25, 0.3) is 0 Å². The third-order valence-corrected chi connectivity index (χ3v) is 1.33. The monoisotopic (exact) mass is 326 g/mol. The Hall–Kier alpha value is -1.54. The quantitative estimate of drug-likeness (QED) is 0.454. The van der Waals surface area contributed by atoms with Crippen molar-refractivity contribution in [2.75, 3.05) is 0 Å². The summed E-state index contributed by atoms with van der Waals surface area (Å²) in [4.78, 5) is 21.2. The molecular weight excluding hydrogens is 296 g/mol. The van der Waals surface area contributed by atoms with E-state index < -0.39 is 12.3 Å². The molecule has 0 aromatic rings. The van der Waals surface area contributed by atoms with Crippen molar-refractivity contribution in [3.05, 3.63) is 0 Å². The lowest BCUT2D eigenvalue weighted by molar-refractivity contribution is -0.176. The van der Waals surface area contributed by atoms with E-state index in [0.717, 1.165) is 0 Å². The third-order valence-electron chi connectivity index (χ3n) is 1.33. The van der Waals surface area contributed by atoms with Crippen LogP contribution in [0.3, 0.4) is 0 Å². The van der Waals surface area contributed by atoms with E-state index >= 15 is 0 Å². The van der Waals surface area contributed by atoms with Gasteiger partial charge in [-0.1, -0.05) is 0 Å². The number of hydrogen-bond donors (Lipinski definition) is 2. The van der Waals surface area contributed by atoms with E-state index in [1.807, 2.05) is 0 Å². The van der Waals surface area contributed by atoms with Crippen molar-refractivity contribution < 1.29 is 39.1 Å². The molecule has 0 heterocycles. The van der Waals surface area contributed by atoms with Crippen molar-refractivity contribution in [3.63, 3.8) is 0 Å². The van der Waals surface area contributed by atoms with Crippen molar-refractivity contribution >= 4 is 12.3 Å². The molecule has 2 N–H and O–H groups in total. The lowest BCUT2D eigenvalue weighted by Crippen LogP contribution is -2.16. The molecule has 0 aromatic carbocycles. The van der Waals surface area contributed by atoms with Gasteiger partial charge in [0, 0.05) is 0 Å². The molecular formula is C14H30O8. The lowest BCUT2D eigenvalue weighted by atomic mass is 10.5. The Morgan fingerprint density at radius 2 is 0.682 bits per heavy atom. The van der Waals surface area contributed by atoms with Gasteiger partial charge in [-0.2, -0.15) is 0 Å². The van der Waals surface area contributed by atoms with E-state index in [0.29, 0.717) is 0 Å². The van der Waals surface area contributed by atoms with Crippen LogP contribution in [0.4, 0.5) is 9.59 Å². The van der Waals surface area contributed by atoms with Gasteiger partial charge in [-0.3, -0.25) is 10.5 Å². The molecule has 0 aliphatic carbocycles. The molecule has 0 aromatic heterocycles. The van der Waals surface area contributed by atoms with E-state index in [4.69, 9.17) is 29.5 Å². The second kappa shape index (κ2) is 15.8. The van der Waals surface area contributed by atoms with Crippen LogP contribution in [-0.4, -0.2) is 47.2 Å². The van der Waals surface area contributed by atoms with Crippen molar-refractivity contribution in [1.82, 2.24) is 0 Å². The van der Waals surface area contributed by atoms with E-state index in [2.05, 4.69) is 0 Å². The number of rotatable bonds is 4. The first kappa shape index (κ1) is 25.4. The van der Waals surface area contributed by atoms with Crippen LogP contribution in [0.5, 0.6) is 0 Å². The molecule has 0 aliphatic rings. The average molecular weight is 326 g/mol. The van der Waals surface area contributed by atoms with Crippen LogP contribution in [0, 0.1) is 0 Å². The lowest BCUT2D eigenvalue weighted by Gasteiger charge is -2.10. The molecule has 0 rings (SSSR count). The molecule has 8 nitrogen and oxygen atoms in total. The number of carbonyl (C=O) groups is 2. The molecule has 8 heteroatoms. The minimum atomic E-state index is -0.593. The minimum absolute atomic E-state index is 0.105. The second-order valence-corrected chi connectivity index (χ2v) is 5.17. The Morgan fingerprint density at radius 1 is 0.545 bits per heavy atom. The van der Waals surface area contributed by atoms with E-state index in [1.165, 1.54) is 0 Å². The Kier molecular flexibility index (Phi) is 18.3. The molecule has 0 bridgehead atoms. The molecule has 0 saturated heterocycles. The maximum atomic E-state index is 10.6. The highest BCUT2D eigenvalue weighted by atomic mass is 17.0. The first-order chi connectivity index (χ1) is 10.0. The zero-order valence-corrected chi connectivity index (χ0v) is 14.7. The summed E-state index contributed by atoms with van der Waals surface area (Å²) >= 11 is 0. The van der Waals surface area contributed by atoms with Gasteiger partial charge in [0.1, 0.15) is 0 Å². The van der Waals surface area contributed by atoms with E-state index in [-0.39, 0.29) is 24.4 Å². The van der Waals surface area contributed by atoms with Gasteiger partial charge in [0.25, 0.3) is 0 Å². The first-order valence-corrected chi connectivity index (χ1v) is 6.99. The van der Waals surface area contributed by atoms with Crippen molar-refractivity contribution in [2.24, 2.45) is 0 Å². The summed E-state index contributed by atoms with van der Waals surface area (Å²) in [5.41, 5.74) is 0. The second-order valence-electron chi connectivity index (χ2n) is 5.17. The summed E-state index contributed by atoms with van der Waals surface area (Å²) in [6.07, 6.45) is -1.61. The molecule has 22 heavy (non-hydrogen) atoms. The van der Waals surface area contributed by atoms with Gasteiger partial charge in [0.05, 0.1) is 24.4 Å². The zero-order valence-electron chi connectivity index (χ0n) is 14.7. The summed E-state index contributed by atoms with van der Waals surface area (Å²) in [6, 6.07) is 0. The molecule has 0 atom stereocenters. The van der Waals surface area contributed by atoms with Crippen LogP contribution in [0.2, 0.25) is 0 Å². The highest BCUT2D eigenvalue weighted by molar-refractivity contribution is 5.60. The van der Waals surface area contributed by atoms with Crippen LogP contribution < -0.4 is 0 Å². The summed E-state index contributed by atoms with van der Waals surface area (Å²) in [5, 5.41) is 12.0. The first-order valence-electron chi connectivity index (χ1n) is 6.99. The van der Waals surface area contributed by atoms with Crippen LogP contribution >= 0.6 is 0 Å². The van der Waals surface area contributed by atoms with Crippen LogP contribution in [0.1, 0.15) is 55.4 Å². The largest absolute Gasteiger partial charge is 0.508 e. The maximum Gasteiger partial charge on any atom is 0.508 e. The highest BCUT2D eigenvalue weighted by Gasteiger charge is 2.08. The fourth-order valence-corrected chi connectivity index (χ4v) is 0.825. The standard InChI is InChI=1S/2C7H14O3.H2O2/c2*1-5(2)9-7(8)10-6(3)4;1-2/h2*5-6H,1-4H3;1-2H. The molecule has 0 spiro atoms. The van der Waals surface area contributed by atoms with Gasteiger partial charge < -0.3 is 18.9 Å². The summed E-state index contributed by atoms with van der Waals surface area (Å²) in [6.45, 7) is 14.2. The molecule has 0 aliphatic heterocycles. The normalized spacial score (nSPS) is 9.55. The Bertz CT molecular complexity index is 222. The van der Waals surface area contributed by atoms with E-state index in [1.54, 1.807) is 55.4 Å². The molecule has 134 valence electrons. The molecule has 0 unspecified atom stereocenters. The number of carbonyl (C=O) groups excluding carboxylic acids is 2. The summed E-state index contributed by atoms with van der Waals surface area (Å²) in [7, 11) is 0. The van der Waals surface area contributed by atoms with Gasteiger partial charge >= 0.3 is 12.3 Å². The number of ether oxygens (including phenoxy) is 4. The topological polar surface area (TPSA) is 112 Å². The molecule has 0 radical (unpaired) electrons. The molecule has 0 fully saturated rings. The average Bonchev–Trinajstić information content (AvgIpc) is 2.27. The van der Waals surface area contributed by atoms with Crippen molar-refractivity contribution in [1.29, 1.82) is 0 Å². The number of hydrogen-bond acceptors (Lipinski definition) is 8. The fourth-order valence-electron chi connectivity index (χ4n) is 0.825. The van der Waals surface area contributed by atoms with Gasteiger partial charge in [-0.05, 0) is 55.4 Å². The Morgan fingerprint density at radius 3 is 0.773 bits per heavy atom. The zero-order chi connectivity index (χ0) is 18.3. The maximum absolute atomic E-state index is 10.6. The predicted molar refractivity (Wildman–Crippen MR) is 80.9 cm³/mol. The summed E-state index contributed by atoms with van der Waals surface area (Å²) < 4.78 is 18.8. The highest BCUT2D eigenvalue weighted by Crippen LogP contribution is 1.96. The van der Waals surface area contributed by atoms with Crippen LogP contribution in [0.15, 0.2) is 0 Å². The predicted octanol–water partition coefficient (Wildman–Crippen LogP) is 3.93. The van der Waals surface area contributed by atoms with Crippen molar-refractivity contribution in [3.8, 4) is 0 Å². The van der Waals surface area contributed by atoms with Crippen LogP contribution in [-0.2, 0) is 18.9 Å². The van der Waals surface area contributed by atoms with Gasteiger partial charge in [-0.25, -0.2) is 9.59 Å². The third kappa shape index (κ3) is 26.9. The van der Waals surface area contributed by atoms with Crippen molar-refractivity contribution in [2.45, 2.75) is 79.8 Å². The molecule has 0 saturated carbocycles. The Balaban J connectivity index is -0.000000294. The fraction of sp³-hybridized carbons (Fsp3) is 0.857. The van der Waals surface area contributed by atoms with Gasteiger partial charge in [-0.15, -0.1) is 0 Å². The molecule has 0 amide bonds. The van der Waals surface area contributed by atoms with Gasteiger partial charge in [0.15, 0.2) is 0 Å². The summed E-state index contributed by atoms with van der Waals surface area (Å²) in [5.74, 6) is 0. The van der Waals surface area contributed by atoms with Gasteiger partial charge in [0.2, 0.25) is 0 Å². The SMILES string of the molecule is CC(C)OC(=O)OC(C)C.CC(C)OC(=O)OC(C)C.OO.